The van der Waals surface area contributed by atoms with E-state index in [0.29, 0.717) is 24.4 Å². The van der Waals surface area contributed by atoms with Crippen LogP contribution < -0.4 is 0 Å². The highest BCUT2D eigenvalue weighted by Crippen LogP contribution is 2.41. The molecular formula is C21H34F2O. The number of ether oxygens (including phenoxy) is 1. The Bertz CT molecular complexity index is 394. The summed E-state index contributed by atoms with van der Waals surface area (Å²) in [6.07, 6.45) is 13.3. The van der Waals surface area contributed by atoms with Crippen LogP contribution in [0.25, 0.3) is 0 Å². The predicted molar refractivity (Wildman–Crippen MR) is 94.0 cm³/mol. The first-order valence-electron chi connectivity index (χ1n) is 10.2. The summed E-state index contributed by atoms with van der Waals surface area (Å²) >= 11 is 0. The normalized spacial score (nSPS) is 41.0. The van der Waals surface area contributed by atoms with Crippen molar-refractivity contribution in [2.75, 3.05) is 6.61 Å². The lowest BCUT2D eigenvalue weighted by molar-refractivity contribution is -0.0736. The van der Waals surface area contributed by atoms with Crippen molar-refractivity contribution in [2.45, 2.75) is 83.7 Å². The van der Waals surface area contributed by atoms with Crippen LogP contribution in [-0.2, 0) is 4.74 Å². The molecule has 0 radical (unpaired) electrons. The summed E-state index contributed by atoms with van der Waals surface area (Å²) in [4.78, 5) is 0. The van der Waals surface area contributed by atoms with Crippen molar-refractivity contribution in [2.24, 2.45) is 29.6 Å². The first-order chi connectivity index (χ1) is 11.6. The Balaban J connectivity index is 1.37. The van der Waals surface area contributed by atoms with Gasteiger partial charge < -0.3 is 4.74 Å². The van der Waals surface area contributed by atoms with Gasteiger partial charge in [-0.05, 0) is 93.5 Å². The second-order valence-corrected chi connectivity index (χ2v) is 8.74. The van der Waals surface area contributed by atoms with E-state index in [1.54, 1.807) is 0 Å². The molecule has 1 saturated heterocycles. The lowest BCUT2D eigenvalue weighted by atomic mass is 9.72. The molecule has 2 saturated carbocycles. The number of allylic oxidation sites excluding steroid dienone is 1. The van der Waals surface area contributed by atoms with Gasteiger partial charge in [0.25, 0.3) is 6.08 Å². The molecule has 3 aliphatic rings. The maximum absolute atomic E-state index is 12.2. The van der Waals surface area contributed by atoms with Crippen LogP contribution in [0.4, 0.5) is 8.78 Å². The van der Waals surface area contributed by atoms with Crippen molar-refractivity contribution in [1.82, 2.24) is 0 Å². The van der Waals surface area contributed by atoms with Crippen LogP contribution in [0.5, 0.6) is 0 Å². The molecule has 3 rings (SSSR count). The minimum absolute atomic E-state index is 0.443. The van der Waals surface area contributed by atoms with E-state index < -0.39 is 6.08 Å². The summed E-state index contributed by atoms with van der Waals surface area (Å²) in [5, 5.41) is 0. The average molecular weight is 340 g/mol. The lowest BCUT2D eigenvalue weighted by Crippen LogP contribution is -2.37. The van der Waals surface area contributed by atoms with Crippen LogP contribution in [0.3, 0.4) is 0 Å². The lowest BCUT2D eigenvalue weighted by Gasteiger charge is -2.41. The zero-order valence-corrected chi connectivity index (χ0v) is 15.2. The van der Waals surface area contributed by atoms with Crippen molar-refractivity contribution < 1.29 is 13.5 Å². The Kier molecular flexibility index (Phi) is 6.71. The van der Waals surface area contributed by atoms with Crippen molar-refractivity contribution >= 4 is 0 Å². The zero-order valence-electron chi connectivity index (χ0n) is 15.2. The van der Waals surface area contributed by atoms with Crippen molar-refractivity contribution in [1.29, 1.82) is 0 Å². The van der Waals surface area contributed by atoms with E-state index in [1.165, 1.54) is 51.4 Å². The van der Waals surface area contributed by atoms with Crippen LogP contribution >= 0.6 is 0 Å². The highest BCUT2D eigenvalue weighted by atomic mass is 19.3. The second-order valence-electron chi connectivity index (χ2n) is 8.74. The van der Waals surface area contributed by atoms with Gasteiger partial charge in [0.05, 0.1) is 12.7 Å². The van der Waals surface area contributed by atoms with Gasteiger partial charge >= 0.3 is 0 Å². The fraction of sp³-hybridized carbons (Fsp3) is 0.905. The largest absolute Gasteiger partial charge is 0.378 e. The van der Waals surface area contributed by atoms with Gasteiger partial charge in [-0.1, -0.05) is 19.8 Å². The number of hydrogen-bond acceptors (Lipinski definition) is 1. The molecule has 24 heavy (non-hydrogen) atoms. The first kappa shape index (κ1) is 18.4. The summed E-state index contributed by atoms with van der Waals surface area (Å²) in [5.74, 6) is 3.76. The third-order valence-electron chi connectivity index (χ3n) is 7.10. The van der Waals surface area contributed by atoms with E-state index in [0.717, 1.165) is 43.3 Å². The van der Waals surface area contributed by atoms with Crippen LogP contribution in [-0.4, -0.2) is 12.7 Å². The Labute approximate surface area is 146 Å². The van der Waals surface area contributed by atoms with E-state index in [9.17, 15) is 8.78 Å². The first-order valence-corrected chi connectivity index (χ1v) is 10.2. The van der Waals surface area contributed by atoms with Gasteiger partial charge in [0.15, 0.2) is 0 Å². The van der Waals surface area contributed by atoms with E-state index in [-0.39, 0.29) is 0 Å². The van der Waals surface area contributed by atoms with E-state index in [4.69, 9.17) is 4.74 Å². The van der Waals surface area contributed by atoms with Gasteiger partial charge in [0, 0.05) is 0 Å². The minimum Gasteiger partial charge on any atom is -0.378 e. The van der Waals surface area contributed by atoms with E-state index >= 15 is 0 Å². The van der Waals surface area contributed by atoms with Gasteiger partial charge in [-0.2, -0.15) is 8.78 Å². The van der Waals surface area contributed by atoms with Gasteiger partial charge in [0.1, 0.15) is 0 Å². The standard InChI is InChI=1S/C21H34F2O/c1-15-2-7-17(8-3-15)19-11-12-20(24-14-19)18-9-4-16(5-10-18)6-13-21(22)23/h13,15-20H,2-12,14H2,1H3. The van der Waals surface area contributed by atoms with Crippen LogP contribution in [0, 0.1) is 29.6 Å². The summed E-state index contributed by atoms with van der Waals surface area (Å²) in [6.45, 7) is 3.36. The molecule has 0 aromatic heterocycles. The summed E-state index contributed by atoms with van der Waals surface area (Å²) in [5.41, 5.74) is 0. The molecule has 2 unspecified atom stereocenters. The van der Waals surface area contributed by atoms with Gasteiger partial charge in [-0.25, -0.2) is 0 Å². The Morgan fingerprint density at radius 3 is 2.04 bits per heavy atom. The van der Waals surface area contributed by atoms with Crippen LogP contribution in [0.15, 0.2) is 12.2 Å². The molecule has 0 aromatic carbocycles. The SMILES string of the molecule is CC1CCC(C2CCC(C3CCC(CC=C(F)F)CC3)OC2)CC1. The summed E-state index contributed by atoms with van der Waals surface area (Å²) < 4.78 is 30.7. The predicted octanol–water partition coefficient (Wildman–Crippen LogP) is 6.58. The second kappa shape index (κ2) is 8.78. The Morgan fingerprint density at radius 1 is 0.833 bits per heavy atom. The number of hydrogen-bond donors (Lipinski definition) is 0. The minimum atomic E-state index is -1.52. The molecule has 1 nitrogen and oxygen atoms in total. The molecule has 0 aromatic rings. The molecule has 1 aliphatic heterocycles. The van der Waals surface area contributed by atoms with Crippen molar-refractivity contribution in [3.05, 3.63) is 12.2 Å². The molecule has 0 N–H and O–H groups in total. The highest BCUT2D eigenvalue weighted by Gasteiger charge is 2.34. The Morgan fingerprint density at radius 2 is 1.46 bits per heavy atom. The molecule has 3 heteroatoms. The zero-order chi connectivity index (χ0) is 16.9. The average Bonchev–Trinajstić information content (AvgIpc) is 2.61. The maximum Gasteiger partial charge on any atom is 0.266 e. The molecule has 0 spiro atoms. The number of halogens is 2. The smallest absolute Gasteiger partial charge is 0.266 e. The van der Waals surface area contributed by atoms with E-state index in [1.807, 2.05) is 0 Å². The Hall–Kier alpha value is -0.440. The molecule has 0 amide bonds. The van der Waals surface area contributed by atoms with Gasteiger partial charge in [-0.15, -0.1) is 0 Å². The molecule has 2 atom stereocenters. The molecule has 138 valence electrons. The third-order valence-corrected chi connectivity index (χ3v) is 7.10. The van der Waals surface area contributed by atoms with Gasteiger partial charge in [0.2, 0.25) is 0 Å². The van der Waals surface area contributed by atoms with Crippen molar-refractivity contribution in [3.8, 4) is 0 Å². The molecule has 1 heterocycles. The highest BCUT2D eigenvalue weighted by molar-refractivity contribution is 4.88. The van der Waals surface area contributed by atoms with Crippen LogP contribution in [0.1, 0.15) is 77.6 Å². The third kappa shape index (κ3) is 5.03. The topological polar surface area (TPSA) is 9.23 Å². The monoisotopic (exact) mass is 340 g/mol. The maximum atomic E-state index is 12.2. The fourth-order valence-corrected chi connectivity index (χ4v) is 5.34. The fourth-order valence-electron chi connectivity index (χ4n) is 5.34. The molecule has 0 bridgehead atoms. The molecule has 3 fully saturated rings. The van der Waals surface area contributed by atoms with E-state index in [2.05, 4.69) is 6.92 Å². The quantitative estimate of drug-likeness (QED) is 0.561. The van der Waals surface area contributed by atoms with Crippen molar-refractivity contribution in [3.63, 3.8) is 0 Å². The summed E-state index contributed by atoms with van der Waals surface area (Å²) in [6, 6.07) is 0. The molecular weight excluding hydrogens is 306 g/mol. The van der Waals surface area contributed by atoms with Crippen LogP contribution in [0.2, 0.25) is 0 Å². The molecule has 2 aliphatic carbocycles. The summed E-state index contributed by atoms with van der Waals surface area (Å²) in [7, 11) is 0. The number of rotatable bonds is 4. The van der Waals surface area contributed by atoms with Gasteiger partial charge in [-0.3, -0.25) is 0 Å².